The Kier molecular flexibility index (Phi) is 7.98. The van der Waals surface area contributed by atoms with Crippen molar-refractivity contribution in [2.45, 2.75) is 31.8 Å². The Morgan fingerprint density at radius 1 is 1.12 bits per heavy atom. The van der Waals surface area contributed by atoms with E-state index in [0.717, 1.165) is 0 Å². The number of rotatable bonds is 8. The summed E-state index contributed by atoms with van der Waals surface area (Å²) >= 11 is 0. The summed E-state index contributed by atoms with van der Waals surface area (Å²) in [6.07, 6.45) is 1.83. The van der Waals surface area contributed by atoms with Crippen LogP contribution in [0.2, 0.25) is 0 Å². The Labute approximate surface area is 155 Å². The minimum absolute atomic E-state index is 0.200. The molecule has 8 heteroatoms. The standard InChI is InChI=1S/C18H26N2O5S/c1-6-20(7-2)26(23,24)16-11-8-15(9-12-16)10-13-17(21)25-14(3)18(22)19(4)5/h8-14H,6-7H2,1-5H3/b13-10+/t14-/m0/s1. The summed E-state index contributed by atoms with van der Waals surface area (Å²) in [6, 6.07) is 6.21. The molecule has 1 amide bonds. The molecule has 0 spiro atoms. The third kappa shape index (κ3) is 5.67. The largest absolute Gasteiger partial charge is 0.449 e. The maximum atomic E-state index is 12.4. The van der Waals surface area contributed by atoms with Gasteiger partial charge in [0.15, 0.2) is 6.10 Å². The zero-order valence-electron chi connectivity index (χ0n) is 15.8. The highest BCUT2D eigenvalue weighted by molar-refractivity contribution is 7.89. The molecule has 0 saturated carbocycles. The van der Waals surface area contributed by atoms with Gasteiger partial charge in [0.25, 0.3) is 5.91 Å². The highest BCUT2D eigenvalue weighted by atomic mass is 32.2. The van der Waals surface area contributed by atoms with Crippen molar-refractivity contribution in [3.63, 3.8) is 0 Å². The molecule has 0 unspecified atom stereocenters. The van der Waals surface area contributed by atoms with E-state index in [0.29, 0.717) is 18.7 Å². The van der Waals surface area contributed by atoms with Crippen molar-refractivity contribution in [2.24, 2.45) is 0 Å². The molecule has 0 aliphatic rings. The molecule has 0 radical (unpaired) electrons. The molecule has 1 aromatic rings. The lowest BCUT2D eigenvalue weighted by atomic mass is 10.2. The SMILES string of the molecule is CCN(CC)S(=O)(=O)c1ccc(/C=C/C(=O)O[C@@H](C)C(=O)N(C)C)cc1. The van der Waals surface area contributed by atoms with Crippen molar-refractivity contribution in [3.8, 4) is 0 Å². The van der Waals surface area contributed by atoms with Crippen LogP contribution in [0.1, 0.15) is 26.3 Å². The molecular weight excluding hydrogens is 356 g/mol. The lowest BCUT2D eigenvalue weighted by Gasteiger charge is -2.18. The smallest absolute Gasteiger partial charge is 0.331 e. The fraction of sp³-hybridized carbons (Fsp3) is 0.444. The number of sulfonamides is 1. The first-order valence-electron chi connectivity index (χ1n) is 8.33. The Morgan fingerprint density at radius 3 is 2.12 bits per heavy atom. The third-order valence-electron chi connectivity index (χ3n) is 3.72. The monoisotopic (exact) mass is 382 g/mol. The predicted octanol–water partition coefficient (Wildman–Crippen LogP) is 1.75. The first-order valence-corrected chi connectivity index (χ1v) is 9.77. The average Bonchev–Trinajstić information content (AvgIpc) is 2.60. The van der Waals surface area contributed by atoms with E-state index in [1.165, 1.54) is 40.4 Å². The average molecular weight is 382 g/mol. The number of hydrogen-bond acceptors (Lipinski definition) is 5. The molecule has 0 N–H and O–H groups in total. The van der Waals surface area contributed by atoms with Gasteiger partial charge in [-0.25, -0.2) is 13.2 Å². The van der Waals surface area contributed by atoms with Crippen LogP contribution < -0.4 is 0 Å². The van der Waals surface area contributed by atoms with Crippen LogP contribution in [0.5, 0.6) is 0 Å². The van der Waals surface area contributed by atoms with Crippen LogP contribution in [0.15, 0.2) is 35.2 Å². The number of ether oxygens (including phenoxy) is 1. The highest BCUT2D eigenvalue weighted by Crippen LogP contribution is 2.16. The summed E-state index contributed by atoms with van der Waals surface area (Å²) < 4.78 is 31.2. The van der Waals surface area contributed by atoms with E-state index in [1.807, 2.05) is 0 Å². The second-order valence-corrected chi connectivity index (χ2v) is 7.74. The summed E-state index contributed by atoms with van der Waals surface area (Å²) in [5, 5.41) is 0. The van der Waals surface area contributed by atoms with Gasteiger partial charge in [-0.3, -0.25) is 4.79 Å². The number of esters is 1. The normalized spacial score (nSPS) is 13.0. The van der Waals surface area contributed by atoms with E-state index in [1.54, 1.807) is 40.1 Å². The molecule has 144 valence electrons. The Hall–Kier alpha value is -2.19. The molecule has 1 atom stereocenters. The number of benzene rings is 1. The summed E-state index contributed by atoms with van der Waals surface area (Å²) in [5.74, 6) is -0.953. The van der Waals surface area contributed by atoms with Gasteiger partial charge in [-0.1, -0.05) is 26.0 Å². The number of carbonyl (C=O) groups is 2. The van der Waals surface area contributed by atoms with Crippen molar-refractivity contribution in [3.05, 3.63) is 35.9 Å². The molecule has 0 aliphatic heterocycles. The van der Waals surface area contributed by atoms with Gasteiger partial charge in [-0.05, 0) is 30.7 Å². The fourth-order valence-corrected chi connectivity index (χ4v) is 3.71. The summed E-state index contributed by atoms with van der Waals surface area (Å²) in [4.78, 5) is 25.0. The molecule has 0 fully saturated rings. The minimum atomic E-state index is -3.51. The first-order chi connectivity index (χ1) is 12.1. The minimum Gasteiger partial charge on any atom is -0.449 e. The number of nitrogens with zero attached hydrogens (tertiary/aromatic N) is 2. The fourth-order valence-electron chi connectivity index (χ4n) is 2.26. The van der Waals surface area contributed by atoms with Gasteiger partial charge in [-0.15, -0.1) is 0 Å². The van der Waals surface area contributed by atoms with Crippen LogP contribution in [0.4, 0.5) is 0 Å². The molecule has 0 aliphatic carbocycles. The van der Waals surface area contributed by atoms with Crippen LogP contribution in [-0.2, 0) is 24.3 Å². The van der Waals surface area contributed by atoms with Crippen LogP contribution in [-0.4, -0.2) is 62.8 Å². The van der Waals surface area contributed by atoms with Crippen molar-refractivity contribution in [1.82, 2.24) is 9.21 Å². The lowest BCUT2D eigenvalue weighted by molar-refractivity contribution is -0.153. The van der Waals surface area contributed by atoms with Gasteiger partial charge >= 0.3 is 5.97 Å². The number of amides is 1. The van der Waals surface area contributed by atoms with Gasteiger partial charge in [0.05, 0.1) is 4.90 Å². The van der Waals surface area contributed by atoms with E-state index in [4.69, 9.17) is 4.74 Å². The van der Waals surface area contributed by atoms with E-state index < -0.39 is 22.1 Å². The molecular formula is C18H26N2O5S. The molecule has 7 nitrogen and oxygen atoms in total. The Bertz CT molecular complexity index is 750. The van der Waals surface area contributed by atoms with Gasteiger partial charge in [0, 0.05) is 33.3 Å². The molecule has 1 aromatic carbocycles. The zero-order valence-corrected chi connectivity index (χ0v) is 16.6. The van der Waals surface area contributed by atoms with Crippen molar-refractivity contribution in [2.75, 3.05) is 27.2 Å². The molecule has 0 heterocycles. The van der Waals surface area contributed by atoms with E-state index in [-0.39, 0.29) is 10.8 Å². The number of likely N-dealkylation sites (N-methyl/N-ethyl adjacent to an activating group) is 1. The summed E-state index contributed by atoms with van der Waals surface area (Å²) in [7, 11) is -0.348. The molecule has 1 rings (SSSR count). The topological polar surface area (TPSA) is 84.0 Å². The molecule has 26 heavy (non-hydrogen) atoms. The summed E-state index contributed by atoms with van der Waals surface area (Å²) in [5.41, 5.74) is 0.645. The van der Waals surface area contributed by atoms with Crippen LogP contribution in [0, 0.1) is 0 Å². The van der Waals surface area contributed by atoms with Gasteiger partial charge < -0.3 is 9.64 Å². The van der Waals surface area contributed by atoms with E-state index in [2.05, 4.69) is 0 Å². The van der Waals surface area contributed by atoms with E-state index >= 15 is 0 Å². The molecule has 0 bridgehead atoms. The zero-order chi connectivity index (χ0) is 19.9. The van der Waals surface area contributed by atoms with Gasteiger partial charge in [0.1, 0.15) is 0 Å². The van der Waals surface area contributed by atoms with Gasteiger partial charge in [-0.2, -0.15) is 4.31 Å². The first kappa shape index (κ1) is 21.9. The third-order valence-corrected chi connectivity index (χ3v) is 5.78. The van der Waals surface area contributed by atoms with Gasteiger partial charge in [0.2, 0.25) is 10.0 Å². The van der Waals surface area contributed by atoms with Crippen molar-refractivity contribution in [1.29, 1.82) is 0 Å². The predicted molar refractivity (Wildman–Crippen MR) is 99.8 cm³/mol. The Morgan fingerprint density at radius 2 is 1.65 bits per heavy atom. The van der Waals surface area contributed by atoms with Crippen LogP contribution in [0.3, 0.4) is 0 Å². The second kappa shape index (κ2) is 9.49. The number of carbonyl (C=O) groups excluding carboxylic acids is 2. The molecule has 0 saturated heterocycles. The second-order valence-electron chi connectivity index (χ2n) is 5.80. The maximum absolute atomic E-state index is 12.4. The maximum Gasteiger partial charge on any atom is 0.331 e. The number of hydrogen-bond donors (Lipinski definition) is 0. The highest BCUT2D eigenvalue weighted by Gasteiger charge is 2.21. The van der Waals surface area contributed by atoms with Crippen molar-refractivity contribution < 1.29 is 22.7 Å². The lowest BCUT2D eigenvalue weighted by Crippen LogP contribution is -2.34. The molecule has 0 aromatic heterocycles. The van der Waals surface area contributed by atoms with E-state index in [9.17, 15) is 18.0 Å². The Balaban J connectivity index is 2.80. The quantitative estimate of drug-likeness (QED) is 0.505. The van der Waals surface area contributed by atoms with Crippen LogP contribution in [0.25, 0.3) is 6.08 Å². The van der Waals surface area contributed by atoms with Crippen LogP contribution >= 0.6 is 0 Å². The van der Waals surface area contributed by atoms with Crippen molar-refractivity contribution >= 4 is 28.0 Å². The summed E-state index contributed by atoms with van der Waals surface area (Å²) in [6.45, 7) is 5.87.